The van der Waals surface area contributed by atoms with Crippen molar-refractivity contribution in [3.63, 3.8) is 0 Å². The summed E-state index contributed by atoms with van der Waals surface area (Å²) in [5, 5.41) is 15.6. The molecular weight excluding hydrogens is 122 g/mol. The van der Waals surface area contributed by atoms with Gasteiger partial charge >= 0.3 is 0 Å². The minimum absolute atomic E-state index is 0.947. The molecule has 0 saturated carbocycles. The fourth-order valence-electron chi connectivity index (χ4n) is 0.159. The number of rotatable bonds is 3. The number of hydrogen-bond acceptors (Lipinski definition) is 3. The first-order valence-electron chi connectivity index (χ1n) is 1.89. The van der Waals surface area contributed by atoms with Crippen LogP contribution < -0.4 is 0 Å². The molecule has 3 nitrogen and oxygen atoms in total. The second-order valence-electron chi connectivity index (χ2n) is 1.05. The molecule has 0 aromatic rings. The second-order valence-corrected chi connectivity index (χ2v) is 1.05. The topological polar surface area (TPSA) is 49.7 Å². The summed E-state index contributed by atoms with van der Waals surface area (Å²) in [5.41, 5.74) is 0. The van der Waals surface area contributed by atoms with Crippen LogP contribution in [0.5, 0.6) is 0 Å². The van der Waals surface area contributed by atoms with E-state index in [-0.39, 0.29) is 0 Å². The average Bonchev–Trinajstić information content (AvgIpc) is 1.61. The number of halogens is 2. The van der Waals surface area contributed by atoms with Crippen LogP contribution in [0, 0.1) is 0 Å². The smallest absolute Gasteiger partial charge is 0.266 e. The molecule has 0 amide bonds. The molecule has 50 valence electrons. The van der Waals surface area contributed by atoms with Gasteiger partial charge in [-0.15, -0.1) is 0 Å². The average molecular weight is 128 g/mol. The van der Waals surface area contributed by atoms with E-state index in [2.05, 4.69) is 4.74 Å². The first-order valence-corrected chi connectivity index (χ1v) is 1.89. The van der Waals surface area contributed by atoms with Gasteiger partial charge in [0.25, 0.3) is 12.9 Å². The Morgan fingerprint density at radius 3 is 2.00 bits per heavy atom. The molecule has 0 aromatic carbocycles. The summed E-state index contributed by atoms with van der Waals surface area (Å²) >= 11 is 0. The third-order valence-electron chi connectivity index (χ3n) is 0.371. The van der Waals surface area contributed by atoms with Gasteiger partial charge < -0.3 is 14.9 Å². The van der Waals surface area contributed by atoms with Crippen molar-refractivity contribution < 1.29 is 23.7 Å². The van der Waals surface area contributed by atoms with E-state index in [0.29, 0.717) is 0 Å². The summed E-state index contributed by atoms with van der Waals surface area (Å²) in [5.74, 6) is 0. The predicted octanol–water partition coefficient (Wildman–Crippen LogP) is -0.464. The molecule has 0 aliphatic carbocycles. The van der Waals surface area contributed by atoms with Gasteiger partial charge in [-0.3, -0.25) is 0 Å². The van der Waals surface area contributed by atoms with E-state index in [1.54, 1.807) is 0 Å². The molecule has 5 heteroatoms. The molecule has 2 N–H and O–H groups in total. The van der Waals surface area contributed by atoms with Crippen LogP contribution in [0.3, 0.4) is 0 Å². The molecule has 0 spiro atoms. The van der Waals surface area contributed by atoms with Gasteiger partial charge in [-0.05, 0) is 0 Å². The Hall–Kier alpha value is -0.260. The van der Waals surface area contributed by atoms with Crippen LogP contribution in [-0.2, 0) is 4.74 Å². The predicted molar refractivity (Wildman–Crippen MR) is 20.2 cm³/mol. The molecule has 8 heavy (non-hydrogen) atoms. The molecule has 0 rings (SSSR count). The Kier molecular flexibility index (Phi) is 3.59. The van der Waals surface area contributed by atoms with Crippen molar-refractivity contribution in [3.8, 4) is 0 Å². The summed E-state index contributed by atoms with van der Waals surface area (Å²) < 4.78 is 25.8. The lowest BCUT2D eigenvalue weighted by atomic mass is 10.8. The van der Waals surface area contributed by atoms with E-state index in [0.717, 1.165) is 0 Å². The van der Waals surface area contributed by atoms with E-state index in [9.17, 15) is 8.78 Å². The summed E-state index contributed by atoms with van der Waals surface area (Å²) in [6.45, 7) is -3.04. The van der Waals surface area contributed by atoms with Crippen molar-refractivity contribution in [1.82, 2.24) is 0 Å². The van der Waals surface area contributed by atoms with Gasteiger partial charge in [0.05, 0.1) is 0 Å². The number of aliphatic hydroxyl groups is 2. The SMILES string of the molecule is OC(O)OCC(F)F. The highest BCUT2D eigenvalue weighted by atomic mass is 19.3. The van der Waals surface area contributed by atoms with Gasteiger partial charge in [0.1, 0.15) is 6.61 Å². The molecule has 0 atom stereocenters. The number of aliphatic hydroxyl groups excluding tert-OH is 1. The first kappa shape index (κ1) is 7.74. The van der Waals surface area contributed by atoms with Crippen LogP contribution in [0.25, 0.3) is 0 Å². The molecule has 0 aliphatic rings. The van der Waals surface area contributed by atoms with Crippen molar-refractivity contribution in [1.29, 1.82) is 0 Å². The molecule has 0 aliphatic heterocycles. The van der Waals surface area contributed by atoms with Crippen LogP contribution in [0.1, 0.15) is 0 Å². The van der Waals surface area contributed by atoms with E-state index < -0.39 is 19.5 Å². The van der Waals surface area contributed by atoms with Gasteiger partial charge in [-0.2, -0.15) is 0 Å². The van der Waals surface area contributed by atoms with E-state index in [4.69, 9.17) is 10.2 Å². The quantitative estimate of drug-likeness (QED) is 0.505. The maximum atomic E-state index is 11.0. The molecule has 0 fully saturated rings. The normalized spacial score (nSPS) is 11.2. The summed E-state index contributed by atoms with van der Waals surface area (Å²) in [6.07, 6.45) is -2.66. The van der Waals surface area contributed by atoms with Crippen LogP contribution in [0.4, 0.5) is 8.78 Å². The Bertz CT molecular complexity index is 48.5. The van der Waals surface area contributed by atoms with Crippen LogP contribution >= 0.6 is 0 Å². The summed E-state index contributed by atoms with van der Waals surface area (Å²) in [4.78, 5) is 0. The Morgan fingerprint density at radius 2 is 1.88 bits per heavy atom. The molecule has 0 saturated heterocycles. The van der Waals surface area contributed by atoms with Crippen molar-refractivity contribution in [2.75, 3.05) is 6.61 Å². The first-order chi connectivity index (χ1) is 3.63. The highest BCUT2D eigenvalue weighted by Gasteiger charge is 2.04. The molecular formula is C3H6F2O3. The fourth-order valence-corrected chi connectivity index (χ4v) is 0.159. The van der Waals surface area contributed by atoms with Gasteiger partial charge in [0.2, 0.25) is 0 Å². The standard InChI is InChI=1S/C3H6F2O3/c4-2(5)1-8-3(6)7/h2-3,6-7H,1H2. The van der Waals surface area contributed by atoms with Crippen LogP contribution in [0.15, 0.2) is 0 Å². The Balaban J connectivity index is 2.93. The zero-order chi connectivity index (χ0) is 6.57. The van der Waals surface area contributed by atoms with E-state index in [1.165, 1.54) is 0 Å². The molecule has 0 aromatic heterocycles. The lowest BCUT2D eigenvalue weighted by Crippen LogP contribution is -2.15. The van der Waals surface area contributed by atoms with Crippen molar-refractivity contribution >= 4 is 0 Å². The highest BCUT2D eigenvalue weighted by molar-refractivity contribution is 4.29. The zero-order valence-corrected chi connectivity index (χ0v) is 3.92. The van der Waals surface area contributed by atoms with Crippen molar-refractivity contribution in [2.24, 2.45) is 0 Å². The van der Waals surface area contributed by atoms with Gasteiger partial charge in [-0.1, -0.05) is 0 Å². The molecule has 0 radical (unpaired) electrons. The molecule has 0 unspecified atom stereocenters. The van der Waals surface area contributed by atoms with Crippen molar-refractivity contribution in [3.05, 3.63) is 0 Å². The van der Waals surface area contributed by atoms with Crippen LogP contribution in [0.2, 0.25) is 0 Å². The minimum atomic E-state index is -2.66. The van der Waals surface area contributed by atoms with Gasteiger partial charge in [0, 0.05) is 0 Å². The summed E-state index contributed by atoms with van der Waals surface area (Å²) in [6, 6.07) is 0. The fraction of sp³-hybridized carbons (Fsp3) is 1.00. The number of ether oxygens (including phenoxy) is 1. The highest BCUT2D eigenvalue weighted by Crippen LogP contribution is 1.92. The van der Waals surface area contributed by atoms with E-state index >= 15 is 0 Å². The zero-order valence-electron chi connectivity index (χ0n) is 3.92. The van der Waals surface area contributed by atoms with Crippen molar-refractivity contribution in [2.45, 2.75) is 12.9 Å². The minimum Gasteiger partial charge on any atom is -0.346 e. The van der Waals surface area contributed by atoms with Gasteiger partial charge in [0.15, 0.2) is 0 Å². The second kappa shape index (κ2) is 3.71. The van der Waals surface area contributed by atoms with E-state index in [1.807, 2.05) is 0 Å². The molecule has 0 bridgehead atoms. The lowest BCUT2D eigenvalue weighted by molar-refractivity contribution is -0.245. The largest absolute Gasteiger partial charge is 0.346 e. The third-order valence-corrected chi connectivity index (χ3v) is 0.371. The van der Waals surface area contributed by atoms with Gasteiger partial charge in [-0.25, -0.2) is 8.78 Å². The van der Waals surface area contributed by atoms with Crippen LogP contribution in [-0.4, -0.2) is 29.7 Å². The third kappa shape index (κ3) is 5.74. The maximum absolute atomic E-state index is 11.0. The number of hydrogen-bond donors (Lipinski definition) is 2. The monoisotopic (exact) mass is 128 g/mol. The lowest BCUT2D eigenvalue weighted by Gasteiger charge is -2.02. The summed E-state index contributed by atoms with van der Waals surface area (Å²) in [7, 11) is 0. The Labute approximate surface area is 44.5 Å². The Morgan fingerprint density at radius 1 is 1.38 bits per heavy atom. The number of alkyl halides is 2. The molecule has 0 heterocycles. The maximum Gasteiger partial charge on any atom is 0.266 e.